The number of aromatic nitrogens is 2. The Labute approximate surface area is 176 Å². The molecule has 0 aliphatic carbocycles. The fourth-order valence-electron chi connectivity index (χ4n) is 3.76. The van der Waals surface area contributed by atoms with E-state index in [9.17, 15) is 0 Å². The minimum Gasteiger partial charge on any atom is -0.369 e. The highest BCUT2D eigenvalue weighted by Gasteiger charge is 2.23. The van der Waals surface area contributed by atoms with Crippen LogP contribution in [-0.4, -0.2) is 48.7 Å². The van der Waals surface area contributed by atoms with Gasteiger partial charge in [0.1, 0.15) is 5.82 Å². The van der Waals surface area contributed by atoms with Gasteiger partial charge in [-0.25, -0.2) is 4.98 Å². The molecule has 1 aliphatic rings. The van der Waals surface area contributed by atoms with E-state index in [-0.39, 0.29) is 0 Å². The van der Waals surface area contributed by atoms with Crippen molar-refractivity contribution < 1.29 is 0 Å². The number of fused-ring (bicyclic) bond motifs is 1. The first-order valence-corrected chi connectivity index (χ1v) is 10.5. The molecule has 1 fully saturated rings. The molecule has 0 spiro atoms. The third-order valence-electron chi connectivity index (χ3n) is 5.25. The van der Waals surface area contributed by atoms with Crippen molar-refractivity contribution in [2.75, 3.05) is 31.6 Å². The Hall–Kier alpha value is -2.73. The van der Waals surface area contributed by atoms with Crippen molar-refractivity contribution >= 4 is 34.3 Å². The van der Waals surface area contributed by atoms with Gasteiger partial charge in [-0.1, -0.05) is 29.8 Å². The lowest BCUT2D eigenvalue weighted by Crippen LogP contribution is -2.44. The normalized spacial score (nSPS) is 17.1. The number of aromatic amines is 1. The Balaban J connectivity index is 1.22. The Morgan fingerprint density at radius 3 is 3.00 bits per heavy atom. The van der Waals surface area contributed by atoms with E-state index in [4.69, 9.17) is 11.6 Å². The number of imidazole rings is 1. The van der Waals surface area contributed by atoms with Gasteiger partial charge in [-0.3, -0.25) is 4.99 Å². The van der Waals surface area contributed by atoms with Crippen molar-refractivity contribution in [3.63, 3.8) is 0 Å². The molecule has 1 aromatic heterocycles. The van der Waals surface area contributed by atoms with Gasteiger partial charge in [0, 0.05) is 49.9 Å². The molecule has 1 saturated heterocycles. The number of anilines is 1. The monoisotopic (exact) mass is 410 g/mol. The topological polar surface area (TPSA) is 68.3 Å². The van der Waals surface area contributed by atoms with Crippen molar-refractivity contribution in [1.29, 1.82) is 0 Å². The minimum absolute atomic E-state index is 0.371. The fourth-order valence-corrected chi connectivity index (χ4v) is 3.94. The van der Waals surface area contributed by atoms with Crippen LogP contribution >= 0.6 is 11.6 Å². The highest BCUT2D eigenvalue weighted by atomic mass is 35.5. The third kappa shape index (κ3) is 5.01. The number of rotatable bonds is 6. The molecule has 3 N–H and O–H groups in total. The van der Waals surface area contributed by atoms with Gasteiger partial charge < -0.3 is 20.5 Å². The van der Waals surface area contributed by atoms with Gasteiger partial charge in [0.05, 0.1) is 11.0 Å². The number of guanidine groups is 1. The molecule has 0 bridgehead atoms. The molecule has 6 nitrogen and oxygen atoms in total. The molecular formula is C22H27ClN6. The van der Waals surface area contributed by atoms with E-state index in [0.29, 0.717) is 6.04 Å². The third-order valence-corrected chi connectivity index (χ3v) is 5.48. The summed E-state index contributed by atoms with van der Waals surface area (Å²) in [6.07, 6.45) is 2.97. The number of para-hydroxylation sites is 2. The van der Waals surface area contributed by atoms with Crippen LogP contribution < -0.4 is 15.5 Å². The van der Waals surface area contributed by atoms with E-state index >= 15 is 0 Å². The number of H-pyrrole nitrogens is 1. The van der Waals surface area contributed by atoms with Crippen LogP contribution in [0.2, 0.25) is 5.02 Å². The number of benzene rings is 2. The minimum atomic E-state index is 0.371. The number of nitrogens with one attached hydrogen (secondary N) is 3. The van der Waals surface area contributed by atoms with Crippen molar-refractivity contribution in [3.8, 4) is 0 Å². The van der Waals surface area contributed by atoms with Crippen molar-refractivity contribution in [1.82, 2.24) is 20.6 Å². The Morgan fingerprint density at radius 2 is 2.17 bits per heavy atom. The average Bonchev–Trinajstić information content (AvgIpc) is 3.36. The molecule has 1 atom stereocenters. The van der Waals surface area contributed by atoms with Crippen LogP contribution in [0.15, 0.2) is 53.5 Å². The maximum Gasteiger partial charge on any atom is 0.191 e. The predicted octanol–water partition coefficient (Wildman–Crippen LogP) is 3.59. The SMILES string of the molecule is CN=C(NCCCc1nc2ccccc2[nH]1)NC1CCN(c2cccc(Cl)c2)C1. The van der Waals surface area contributed by atoms with Crippen LogP contribution in [0, 0.1) is 0 Å². The molecule has 152 valence electrons. The van der Waals surface area contributed by atoms with E-state index in [1.165, 1.54) is 5.69 Å². The molecule has 4 rings (SSSR count). The molecule has 29 heavy (non-hydrogen) atoms. The number of hydrogen-bond acceptors (Lipinski definition) is 3. The summed E-state index contributed by atoms with van der Waals surface area (Å²) >= 11 is 6.13. The van der Waals surface area contributed by atoms with Crippen LogP contribution in [0.4, 0.5) is 5.69 Å². The van der Waals surface area contributed by atoms with Gasteiger partial charge in [-0.05, 0) is 43.2 Å². The zero-order valence-corrected chi connectivity index (χ0v) is 17.4. The maximum absolute atomic E-state index is 6.13. The molecule has 3 aromatic rings. The van der Waals surface area contributed by atoms with Crippen molar-refractivity contribution in [2.45, 2.75) is 25.3 Å². The van der Waals surface area contributed by atoms with Gasteiger partial charge in [-0.2, -0.15) is 0 Å². The lowest BCUT2D eigenvalue weighted by atomic mass is 10.2. The van der Waals surface area contributed by atoms with Crippen molar-refractivity contribution in [2.24, 2.45) is 4.99 Å². The fraction of sp³-hybridized carbons (Fsp3) is 0.364. The lowest BCUT2D eigenvalue weighted by Gasteiger charge is -2.20. The Morgan fingerprint density at radius 1 is 1.28 bits per heavy atom. The van der Waals surface area contributed by atoms with Gasteiger partial charge >= 0.3 is 0 Å². The van der Waals surface area contributed by atoms with Gasteiger partial charge in [0.2, 0.25) is 0 Å². The van der Waals surface area contributed by atoms with Crippen LogP contribution in [-0.2, 0) is 6.42 Å². The number of aryl methyl sites for hydroxylation is 1. The van der Waals surface area contributed by atoms with Crippen LogP contribution in [0.25, 0.3) is 11.0 Å². The number of halogens is 1. The molecule has 0 saturated carbocycles. The second-order valence-electron chi connectivity index (χ2n) is 7.36. The average molecular weight is 411 g/mol. The van der Waals surface area contributed by atoms with Gasteiger partial charge in [0.15, 0.2) is 5.96 Å². The second-order valence-corrected chi connectivity index (χ2v) is 7.80. The number of aliphatic imine (C=N–C) groups is 1. The Kier molecular flexibility index (Phi) is 6.20. The molecule has 0 amide bonds. The summed E-state index contributed by atoms with van der Waals surface area (Å²) in [5.74, 6) is 1.89. The van der Waals surface area contributed by atoms with E-state index in [0.717, 1.165) is 66.7 Å². The molecule has 1 unspecified atom stereocenters. The molecular weight excluding hydrogens is 384 g/mol. The highest BCUT2D eigenvalue weighted by molar-refractivity contribution is 6.30. The summed E-state index contributed by atoms with van der Waals surface area (Å²) in [6.45, 7) is 2.81. The quantitative estimate of drug-likeness (QED) is 0.330. The number of nitrogens with zero attached hydrogens (tertiary/aromatic N) is 3. The van der Waals surface area contributed by atoms with Gasteiger partial charge in [0.25, 0.3) is 0 Å². The summed E-state index contributed by atoms with van der Waals surface area (Å²) in [4.78, 5) is 14.7. The Bertz CT molecular complexity index is 949. The van der Waals surface area contributed by atoms with Gasteiger partial charge in [-0.15, -0.1) is 0 Å². The first-order chi connectivity index (χ1) is 14.2. The summed E-state index contributed by atoms with van der Waals surface area (Å²) in [6, 6.07) is 16.6. The molecule has 7 heteroatoms. The highest BCUT2D eigenvalue weighted by Crippen LogP contribution is 2.23. The summed E-state index contributed by atoms with van der Waals surface area (Å²) in [5, 5.41) is 7.74. The zero-order valence-electron chi connectivity index (χ0n) is 16.7. The first-order valence-electron chi connectivity index (χ1n) is 10.1. The standard InChI is InChI=1S/C22H27ClN6/c1-24-22(25-12-5-10-21-27-19-8-2-3-9-20(19)28-21)26-17-11-13-29(15-17)18-7-4-6-16(23)14-18/h2-4,6-9,14,17H,5,10-13,15H2,1H3,(H,27,28)(H2,24,25,26). The van der Waals surface area contributed by atoms with E-state index in [2.05, 4.69) is 42.6 Å². The van der Waals surface area contributed by atoms with Crippen LogP contribution in [0.3, 0.4) is 0 Å². The summed E-state index contributed by atoms with van der Waals surface area (Å²) < 4.78 is 0. The molecule has 1 aliphatic heterocycles. The van der Waals surface area contributed by atoms with Crippen LogP contribution in [0.1, 0.15) is 18.7 Å². The lowest BCUT2D eigenvalue weighted by molar-refractivity contribution is 0.641. The largest absolute Gasteiger partial charge is 0.369 e. The summed E-state index contributed by atoms with van der Waals surface area (Å²) in [5.41, 5.74) is 3.30. The smallest absolute Gasteiger partial charge is 0.191 e. The zero-order chi connectivity index (χ0) is 20.1. The van der Waals surface area contributed by atoms with E-state index in [1.54, 1.807) is 0 Å². The van der Waals surface area contributed by atoms with Crippen LogP contribution in [0.5, 0.6) is 0 Å². The molecule has 0 radical (unpaired) electrons. The maximum atomic E-state index is 6.13. The number of hydrogen-bond donors (Lipinski definition) is 3. The molecule has 2 heterocycles. The second kappa shape index (κ2) is 9.18. The first kappa shape index (κ1) is 19.6. The summed E-state index contributed by atoms with van der Waals surface area (Å²) in [7, 11) is 1.82. The van der Waals surface area contributed by atoms with Crippen molar-refractivity contribution in [3.05, 3.63) is 59.4 Å². The van der Waals surface area contributed by atoms with E-state index in [1.807, 2.05) is 43.4 Å². The van der Waals surface area contributed by atoms with E-state index < -0.39 is 0 Å². The predicted molar refractivity (Wildman–Crippen MR) is 121 cm³/mol. The molecule has 2 aromatic carbocycles.